The van der Waals surface area contributed by atoms with Gasteiger partial charge in [-0.05, 0) is 6.08 Å². The zero-order valence-electron chi connectivity index (χ0n) is 9.54. The molecule has 0 unspecified atom stereocenters. The van der Waals surface area contributed by atoms with Gasteiger partial charge in [-0.15, -0.1) is 0 Å². The normalized spacial score (nSPS) is 13.1. The number of methoxy groups -OCH3 is 1. The van der Waals surface area contributed by atoms with E-state index in [9.17, 15) is 10.1 Å². The first-order chi connectivity index (χ1) is 8.43. The number of hydrogen-bond acceptors (Lipinski definition) is 6. The van der Waals surface area contributed by atoms with Gasteiger partial charge in [-0.1, -0.05) is 11.6 Å². The van der Waals surface area contributed by atoms with Crippen molar-refractivity contribution in [2.45, 2.75) is 6.54 Å². The van der Waals surface area contributed by atoms with Gasteiger partial charge in [0.15, 0.2) is 5.88 Å². The first-order valence-corrected chi connectivity index (χ1v) is 5.14. The summed E-state index contributed by atoms with van der Waals surface area (Å²) in [6.45, 7) is 0.154. The molecule has 0 amide bonds. The number of aromatic nitrogens is 2. The molecule has 0 saturated carbocycles. The van der Waals surface area contributed by atoms with Gasteiger partial charge < -0.3 is 16.2 Å². The highest BCUT2D eigenvalue weighted by atomic mass is 35.5. The smallest absolute Gasteiger partial charge is 0.307 e. The topological polar surface area (TPSA) is 122 Å². The number of nitrogens with two attached hydrogens (primary N) is 2. The molecule has 4 N–H and O–H groups in total. The largest absolute Gasteiger partial charge is 0.482 e. The summed E-state index contributed by atoms with van der Waals surface area (Å²) in [6, 6.07) is 0. The lowest BCUT2D eigenvalue weighted by atomic mass is 10.2. The van der Waals surface area contributed by atoms with Crippen molar-refractivity contribution in [1.29, 1.82) is 0 Å². The van der Waals surface area contributed by atoms with Crippen LogP contribution in [0.15, 0.2) is 35.1 Å². The summed E-state index contributed by atoms with van der Waals surface area (Å²) >= 11 is 5.55. The Morgan fingerprint density at radius 3 is 2.83 bits per heavy atom. The van der Waals surface area contributed by atoms with E-state index in [4.69, 9.17) is 27.8 Å². The molecule has 1 rings (SSSR count). The molecule has 1 aromatic rings. The van der Waals surface area contributed by atoms with Gasteiger partial charge in [0, 0.05) is 5.57 Å². The van der Waals surface area contributed by atoms with Crippen LogP contribution in [-0.2, 0) is 11.3 Å². The van der Waals surface area contributed by atoms with E-state index in [0.29, 0.717) is 5.57 Å². The zero-order chi connectivity index (χ0) is 13.7. The van der Waals surface area contributed by atoms with Crippen molar-refractivity contribution in [3.63, 3.8) is 0 Å². The fourth-order valence-corrected chi connectivity index (χ4v) is 1.33. The molecule has 1 aromatic heterocycles. The molecule has 0 fully saturated rings. The molecule has 1 heterocycles. The average molecular weight is 274 g/mol. The van der Waals surface area contributed by atoms with Gasteiger partial charge in [-0.3, -0.25) is 14.8 Å². The summed E-state index contributed by atoms with van der Waals surface area (Å²) in [4.78, 5) is 9.96. The Balaban J connectivity index is 2.97. The van der Waals surface area contributed by atoms with E-state index in [2.05, 4.69) is 5.10 Å². The van der Waals surface area contributed by atoms with Crippen molar-refractivity contribution in [2.75, 3.05) is 7.11 Å². The maximum atomic E-state index is 10.5. The molecule has 0 aromatic carbocycles. The molecule has 8 nitrogen and oxygen atoms in total. The Bertz CT molecular complexity index is 504. The average Bonchev–Trinajstić information content (AvgIpc) is 2.75. The first kappa shape index (κ1) is 13.8. The Hall–Kier alpha value is -2.22. The second-order valence-electron chi connectivity index (χ2n) is 3.28. The van der Waals surface area contributed by atoms with Gasteiger partial charge in [0.05, 0.1) is 23.7 Å². The van der Waals surface area contributed by atoms with Crippen molar-refractivity contribution in [2.24, 2.45) is 11.5 Å². The summed E-state index contributed by atoms with van der Waals surface area (Å²) in [5.41, 5.74) is 11.3. The van der Waals surface area contributed by atoms with Crippen LogP contribution >= 0.6 is 11.6 Å². The minimum Gasteiger partial charge on any atom is -0.482 e. The van der Waals surface area contributed by atoms with Crippen LogP contribution in [-0.4, -0.2) is 21.8 Å². The molecule has 0 spiro atoms. The van der Waals surface area contributed by atoms with Crippen molar-refractivity contribution >= 4 is 17.3 Å². The van der Waals surface area contributed by atoms with E-state index < -0.39 is 4.92 Å². The zero-order valence-corrected chi connectivity index (χ0v) is 10.3. The molecule has 0 aliphatic rings. The van der Waals surface area contributed by atoms with Gasteiger partial charge >= 0.3 is 5.69 Å². The van der Waals surface area contributed by atoms with Crippen LogP contribution in [0.25, 0.3) is 0 Å². The molecular weight excluding hydrogens is 262 g/mol. The second-order valence-corrected chi connectivity index (χ2v) is 3.71. The van der Waals surface area contributed by atoms with Crippen molar-refractivity contribution in [3.8, 4) is 0 Å². The highest BCUT2D eigenvalue weighted by Crippen LogP contribution is 2.12. The van der Waals surface area contributed by atoms with Gasteiger partial charge in [-0.25, -0.2) is 0 Å². The standard InChI is InChI=1S/C9H12ClN5O3/c1-18-9(12)6(2-8(10)11)4-14-5-7(3-13-14)15(16)17/h2-3,5H,4,11-12H2,1H3/b8-2-,9-6-. The minimum absolute atomic E-state index is 0.0201. The number of halogens is 1. The molecular formula is C9H12ClN5O3. The predicted octanol–water partition coefficient (Wildman–Crippen LogP) is 0.647. The van der Waals surface area contributed by atoms with Crippen LogP contribution in [0, 0.1) is 10.1 Å². The Kier molecular flexibility index (Phi) is 4.55. The molecule has 9 heteroatoms. The second kappa shape index (κ2) is 5.92. The van der Waals surface area contributed by atoms with E-state index in [1.165, 1.54) is 24.1 Å². The lowest BCUT2D eigenvalue weighted by molar-refractivity contribution is -0.385. The Morgan fingerprint density at radius 2 is 2.39 bits per heavy atom. The molecule has 98 valence electrons. The third-order valence-electron chi connectivity index (χ3n) is 2.01. The highest BCUT2D eigenvalue weighted by Gasteiger charge is 2.11. The monoisotopic (exact) mass is 273 g/mol. The lowest BCUT2D eigenvalue weighted by Crippen LogP contribution is -2.10. The van der Waals surface area contributed by atoms with Crippen LogP contribution in [0.1, 0.15) is 0 Å². The Labute approximate surface area is 108 Å². The highest BCUT2D eigenvalue weighted by molar-refractivity contribution is 6.29. The van der Waals surface area contributed by atoms with Crippen LogP contribution in [0.4, 0.5) is 5.69 Å². The van der Waals surface area contributed by atoms with E-state index in [1.54, 1.807) is 0 Å². The van der Waals surface area contributed by atoms with Crippen LogP contribution < -0.4 is 11.5 Å². The van der Waals surface area contributed by atoms with Crippen molar-refractivity contribution < 1.29 is 9.66 Å². The third-order valence-corrected chi connectivity index (χ3v) is 2.12. The number of allylic oxidation sites excluding steroid dienone is 2. The fraction of sp³-hybridized carbons (Fsp3) is 0.222. The third kappa shape index (κ3) is 3.67. The number of nitrogens with zero attached hydrogens (tertiary/aromatic N) is 3. The number of nitro groups is 1. The molecule has 0 aliphatic carbocycles. The molecule has 0 aliphatic heterocycles. The SMILES string of the molecule is CO/C(N)=C(/C=C(\N)Cl)Cn1cc([N+](=O)[O-])cn1. The summed E-state index contributed by atoms with van der Waals surface area (Å²) in [5.74, 6) is 0.108. The fourth-order valence-electron chi connectivity index (χ4n) is 1.20. The molecule has 0 bridgehead atoms. The Morgan fingerprint density at radius 1 is 1.72 bits per heavy atom. The van der Waals surface area contributed by atoms with Gasteiger partial charge in [0.25, 0.3) is 0 Å². The lowest BCUT2D eigenvalue weighted by Gasteiger charge is -2.07. The van der Waals surface area contributed by atoms with Crippen LogP contribution in [0.5, 0.6) is 0 Å². The molecule has 0 atom stereocenters. The number of rotatable bonds is 5. The van der Waals surface area contributed by atoms with E-state index in [0.717, 1.165) is 6.20 Å². The number of ether oxygens (including phenoxy) is 1. The van der Waals surface area contributed by atoms with Crippen molar-refractivity contribution in [3.05, 3.63) is 45.2 Å². The summed E-state index contributed by atoms with van der Waals surface area (Å²) in [6.07, 6.45) is 3.80. The van der Waals surface area contributed by atoms with Crippen LogP contribution in [0.2, 0.25) is 0 Å². The minimum atomic E-state index is -0.543. The number of hydrogen-bond donors (Lipinski definition) is 2. The van der Waals surface area contributed by atoms with Crippen molar-refractivity contribution in [1.82, 2.24) is 9.78 Å². The van der Waals surface area contributed by atoms with E-state index >= 15 is 0 Å². The maximum absolute atomic E-state index is 10.5. The molecule has 0 radical (unpaired) electrons. The molecule has 0 saturated heterocycles. The van der Waals surface area contributed by atoms with Gasteiger partial charge in [0.1, 0.15) is 12.4 Å². The van der Waals surface area contributed by atoms with E-state index in [-0.39, 0.29) is 23.3 Å². The van der Waals surface area contributed by atoms with Gasteiger partial charge in [-0.2, -0.15) is 5.10 Å². The predicted molar refractivity (Wildman–Crippen MR) is 65.2 cm³/mol. The van der Waals surface area contributed by atoms with E-state index in [1.807, 2.05) is 0 Å². The summed E-state index contributed by atoms with van der Waals surface area (Å²) < 4.78 is 6.19. The maximum Gasteiger partial charge on any atom is 0.307 e. The van der Waals surface area contributed by atoms with Crippen LogP contribution in [0.3, 0.4) is 0 Å². The van der Waals surface area contributed by atoms with Gasteiger partial charge in [0.2, 0.25) is 0 Å². The molecule has 18 heavy (non-hydrogen) atoms. The quantitative estimate of drug-likeness (QED) is 0.267. The first-order valence-electron chi connectivity index (χ1n) is 4.76. The summed E-state index contributed by atoms with van der Waals surface area (Å²) in [5, 5.41) is 14.3. The summed E-state index contributed by atoms with van der Waals surface area (Å²) in [7, 11) is 1.39.